The normalized spacial score (nSPS) is 11.6. The molecule has 7 heteroatoms. The van der Waals surface area contributed by atoms with Crippen molar-refractivity contribution in [3.8, 4) is 0 Å². The van der Waals surface area contributed by atoms with Crippen molar-refractivity contribution in [2.24, 2.45) is 0 Å². The lowest BCUT2D eigenvalue weighted by Gasteiger charge is -2.13. The van der Waals surface area contributed by atoms with Crippen LogP contribution in [0.4, 0.5) is 11.4 Å². The van der Waals surface area contributed by atoms with E-state index in [1.807, 2.05) is 0 Å². The first-order valence-electron chi connectivity index (χ1n) is 6.13. The molecule has 1 aromatic heterocycles. The van der Waals surface area contributed by atoms with Crippen molar-refractivity contribution in [1.82, 2.24) is 10.2 Å². The second kappa shape index (κ2) is 4.82. The molecule has 1 heterocycles. The van der Waals surface area contributed by atoms with Crippen LogP contribution < -0.4 is 10.5 Å². The van der Waals surface area contributed by atoms with E-state index in [-0.39, 0.29) is 4.90 Å². The number of nitrogen functional groups attached to an aromatic ring is 1. The Balaban J connectivity index is 2.52. The highest BCUT2D eigenvalue weighted by molar-refractivity contribution is 7.92. The molecule has 0 atom stereocenters. The van der Waals surface area contributed by atoms with Crippen LogP contribution in [0, 0.1) is 27.7 Å². The van der Waals surface area contributed by atoms with Crippen molar-refractivity contribution >= 4 is 21.4 Å². The number of aromatic nitrogens is 2. The lowest BCUT2D eigenvalue weighted by Crippen LogP contribution is -2.16. The number of hydrogen-bond acceptors (Lipinski definition) is 4. The molecule has 0 bridgehead atoms. The third kappa shape index (κ3) is 2.49. The fourth-order valence-corrected chi connectivity index (χ4v) is 3.93. The van der Waals surface area contributed by atoms with Gasteiger partial charge in [-0.3, -0.25) is 9.82 Å². The molecule has 0 fully saturated rings. The highest BCUT2D eigenvalue weighted by Gasteiger charge is 2.22. The first kappa shape index (κ1) is 14.4. The van der Waals surface area contributed by atoms with E-state index in [4.69, 9.17) is 5.73 Å². The van der Waals surface area contributed by atoms with E-state index in [9.17, 15) is 8.42 Å². The van der Waals surface area contributed by atoms with Gasteiger partial charge in [-0.2, -0.15) is 5.10 Å². The molecule has 1 aromatic carbocycles. The van der Waals surface area contributed by atoms with Gasteiger partial charge in [0.05, 0.1) is 22.0 Å². The topological polar surface area (TPSA) is 101 Å². The minimum atomic E-state index is -3.67. The Hall–Kier alpha value is -2.02. The maximum absolute atomic E-state index is 12.6. The Morgan fingerprint density at radius 2 is 1.70 bits per heavy atom. The van der Waals surface area contributed by atoms with Crippen LogP contribution in [0.5, 0.6) is 0 Å². The molecule has 6 nitrogen and oxygen atoms in total. The molecule has 0 radical (unpaired) electrons. The monoisotopic (exact) mass is 294 g/mol. The van der Waals surface area contributed by atoms with Gasteiger partial charge in [0.25, 0.3) is 10.0 Å². The maximum atomic E-state index is 12.6. The van der Waals surface area contributed by atoms with Crippen LogP contribution in [0.2, 0.25) is 0 Å². The van der Waals surface area contributed by atoms with Crippen molar-refractivity contribution in [2.45, 2.75) is 32.6 Å². The minimum absolute atomic E-state index is 0.256. The van der Waals surface area contributed by atoms with Gasteiger partial charge in [0.1, 0.15) is 0 Å². The number of aryl methyl sites for hydroxylation is 4. The molecule has 20 heavy (non-hydrogen) atoms. The molecule has 0 aliphatic rings. The van der Waals surface area contributed by atoms with Crippen LogP contribution in [-0.2, 0) is 10.0 Å². The van der Waals surface area contributed by atoms with Crippen LogP contribution in [0.25, 0.3) is 0 Å². The molecule has 0 amide bonds. The second-order valence-corrected chi connectivity index (χ2v) is 6.52. The smallest absolute Gasteiger partial charge is 0.262 e. The summed E-state index contributed by atoms with van der Waals surface area (Å²) < 4.78 is 27.7. The highest BCUT2D eigenvalue weighted by Crippen LogP contribution is 2.27. The summed E-state index contributed by atoms with van der Waals surface area (Å²) in [6.07, 6.45) is 0. The molecule has 2 rings (SSSR count). The predicted molar refractivity (Wildman–Crippen MR) is 79.2 cm³/mol. The van der Waals surface area contributed by atoms with Crippen LogP contribution in [-0.4, -0.2) is 18.6 Å². The zero-order valence-corrected chi connectivity index (χ0v) is 12.7. The summed E-state index contributed by atoms with van der Waals surface area (Å²) in [5, 5.41) is 6.73. The van der Waals surface area contributed by atoms with Crippen molar-refractivity contribution in [2.75, 3.05) is 10.5 Å². The number of nitrogens with two attached hydrogens (primary N) is 1. The zero-order chi connectivity index (χ0) is 15.1. The number of rotatable bonds is 3. The fourth-order valence-electron chi connectivity index (χ4n) is 2.29. The number of hydrogen-bond donors (Lipinski definition) is 3. The van der Waals surface area contributed by atoms with Gasteiger partial charge >= 0.3 is 0 Å². The molecule has 0 unspecified atom stereocenters. The number of anilines is 2. The van der Waals surface area contributed by atoms with E-state index in [0.717, 1.165) is 0 Å². The summed E-state index contributed by atoms with van der Waals surface area (Å²) >= 11 is 0. The first-order valence-corrected chi connectivity index (χ1v) is 7.62. The minimum Gasteiger partial charge on any atom is -0.399 e. The number of nitrogens with zero attached hydrogens (tertiary/aromatic N) is 1. The van der Waals surface area contributed by atoms with E-state index in [0.29, 0.717) is 33.9 Å². The number of nitrogens with one attached hydrogen (secondary N) is 2. The summed E-state index contributed by atoms with van der Waals surface area (Å²) in [6, 6.07) is 3.30. The van der Waals surface area contributed by atoms with E-state index < -0.39 is 10.0 Å². The quantitative estimate of drug-likeness (QED) is 0.754. The van der Waals surface area contributed by atoms with Gasteiger partial charge in [-0.25, -0.2) is 8.42 Å². The third-order valence-electron chi connectivity index (χ3n) is 3.12. The Kier molecular flexibility index (Phi) is 3.47. The van der Waals surface area contributed by atoms with Crippen molar-refractivity contribution < 1.29 is 8.42 Å². The number of sulfonamides is 1. The molecule has 4 N–H and O–H groups in total. The van der Waals surface area contributed by atoms with E-state index in [1.54, 1.807) is 39.8 Å². The largest absolute Gasteiger partial charge is 0.399 e. The van der Waals surface area contributed by atoms with E-state index >= 15 is 0 Å². The molecular formula is C13H18N4O2S. The van der Waals surface area contributed by atoms with E-state index in [1.165, 1.54) is 0 Å². The molecule has 0 spiro atoms. The van der Waals surface area contributed by atoms with Crippen molar-refractivity contribution in [3.05, 3.63) is 34.6 Å². The first-order chi connectivity index (χ1) is 9.22. The Morgan fingerprint density at radius 3 is 2.15 bits per heavy atom. The van der Waals surface area contributed by atoms with Gasteiger partial charge in [0.2, 0.25) is 0 Å². The molecule has 0 saturated carbocycles. The summed E-state index contributed by atoms with van der Waals surface area (Å²) in [4.78, 5) is 0.256. The summed E-state index contributed by atoms with van der Waals surface area (Å²) in [5.41, 5.74) is 9.29. The molecular weight excluding hydrogens is 276 g/mol. The Labute approximate surface area is 118 Å². The molecule has 0 saturated heterocycles. The molecule has 0 aliphatic heterocycles. The molecule has 108 valence electrons. The van der Waals surface area contributed by atoms with Gasteiger partial charge in [0, 0.05) is 5.69 Å². The van der Waals surface area contributed by atoms with Gasteiger partial charge < -0.3 is 5.73 Å². The number of aromatic amines is 1. The second-order valence-electron chi connectivity index (χ2n) is 4.90. The lowest BCUT2D eigenvalue weighted by atomic mass is 10.1. The fraction of sp³-hybridized carbons (Fsp3) is 0.308. The third-order valence-corrected chi connectivity index (χ3v) is 4.77. The van der Waals surface area contributed by atoms with Gasteiger partial charge in [-0.15, -0.1) is 0 Å². The summed E-state index contributed by atoms with van der Waals surface area (Å²) in [5.74, 6) is 0. The van der Waals surface area contributed by atoms with Gasteiger partial charge in [-0.05, 0) is 51.0 Å². The zero-order valence-electron chi connectivity index (χ0n) is 11.9. The lowest BCUT2D eigenvalue weighted by molar-refractivity contribution is 0.600. The van der Waals surface area contributed by atoms with Crippen LogP contribution in [0.3, 0.4) is 0 Å². The Morgan fingerprint density at radius 1 is 1.15 bits per heavy atom. The number of benzene rings is 1. The number of H-pyrrole nitrogens is 1. The maximum Gasteiger partial charge on any atom is 0.262 e. The van der Waals surface area contributed by atoms with Gasteiger partial charge in [-0.1, -0.05) is 0 Å². The van der Waals surface area contributed by atoms with Crippen LogP contribution in [0.1, 0.15) is 22.5 Å². The Bertz CT molecular complexity index is 720. The average molecular weight is 294 g/mol. The van der Waals surface area contributed by atoms with E-state index in [2.05, 4.69) is 14.9 Å². The standard InChI is InChI=1S/C13H18N4O2S/c1-7-5-11(14)6-8(2)13(7)20(18,19)17-12-9(3)15-16-10(12)4/h5-6,17H,14H2,1-4H3,(H,15,16). The highest BCUT2D eigenvalue weighted by atomic mass is 32.2. The van der Waals surface area contributed by atoms with Gasteiger partial charge in [0.15, 0.2) is 0 Å². The van der Waals surface area contributed by atoms with Crippen molar-refractivity contribution in [3.63, 3.8) is 0 Å². The van der Waals surface area contributed by atoms with Crippen LogP contribution in [0.15, 0.2) is 17.0 Å². The molecule has 0 aliphatic carbocycles. The predicted octanol–water partition coefficient (Wildman–Crippen LogP) is 2.03. The summed E-state index contributed by atoms with van der Waals surface area (Å²) in [6.45, 7) is 6.96. The molecule has 2 aromatic rings. The average Bonchev–Trinajstić information content (AvgIpc) is 2.58. The van der Waals surface area contributed by atoms with Crippen molar-refractivity contribution in [1.29, 1.82) is 0 Å². The summed E-state index contributed by atoms with van der Waals surface area (Å²) in [7, 11) is -3.67. The van der Waals surface area contributed by atoms with Crippen LogP contribution >= 0.6 is 0 Å². The SMILES string of the molecule is Cc1cc(N)cc(C)c1S(=O)(=O)Nc1c(C)n[nH]c1C.